The van der Waals surface area contributed by atoms with Crippen LogP contribution in [0.1, 0.15) is 16.7 Å². The van der Waals surface area contributed by atoms with Crippen molar-refractivity contribution >= 4 is 136 Å². The van der Waals surface area contributed by atoms with E-state index in [4.69, 9.17) is 0 Å². The van der Waals surface area contributed by atoms with Gasteiger partial charge in [0.2, 0.25) is 0 Å². The van der Waals surface area contributed by atoms with Crippen LogP contribution < -0.4 is 39.2 Å². The summed E-state index contributed by atoms with van der Waals surface area (Å²) in [5.74, 6) is 0. The molecule has 18 aromatic rings. The van der Waals surface area contributed by atoms with Crippen molar-refractivity contribution in [3.8, 4) is 0 Å². The Kier molecular flexibility index (Phi) is 23.1. The van der Waals surface area contributed by atoms with Gasteiger partial charge in [0.15, 0.2) is 0 Å². The molecule has 0 saturated heterocycles. The quantitative estimate of drug-likeness (QED) is 0.0591. The maximum absolute atomic E-state index is 2.34. The van der Waals surface area contributed by atoms with Crippen molar-refractivity contribution in [2.24, 2.45) is 0 Å². The minimum Gasteiger partial charge on any atom is -0.311 e. The standard InChI is InChI=1S/C57H48N4.C54H42N4/c1-43-16-13-25-55(40-43)59(46-19-7-4-8-20-46)52-34-28-49(29-35-52)58(50-30-36-53(37-31-50)60(47-21-9-5-10-22-47)56-26-14-17-44(2)41-56)51-32-38-54(39-33-51)61(48-23-11-6-12-24-48)57-27-15-18-45(3)42-57;1-7-19-43(20-8-1)55(44-21-9-2-10-22-44)49-31-37-52(38-32-49)58(53-39-33-50(34-40-53)56(45-23-11-3-12-24-45)46-25-13-4-14-26-46)54-41-35-51(36-42-54)57(47-27-15-5-16-28-47)48-29-17-6-18-30-48/h4-42H,1-3H3;1-42H. The van der Waals surface area contributed by atoms with Gasteiger partial charge in [0.05, 0.1) is 0 Å². The molecule has 0 aliphatic rings. The van der Waals surface area contributed by atoms with Crippen LogP contribution in [0.4, 0.5) is 136 Å². The molecule has 0 heterocycles. The van der Waals surface area contributed by atoms with Crippen molar-refractivity contribution in [1.29, 1.82) is 0 Å². The highest BCUT2D eigenvalue weighted by molar-refractivity contribution is 5.89. The highest BCUT2D eigenvalue weighted by atomic mass is 15.2. The van der Waals surface area contributed by atoms with Crippen LogP contribution in [0.3, 0.4) is 0 Å². The fourth-order valence-corrected chi connectivity index (χ4v) is 15.6. The Bertz CT molecular complexity index is 5490. The molecule has 0 N–H and O–H groups in total. The van der Waals surface area contributed by atoms with Crippen LogP contribution in [0.5, 0.6) is 0 Å². The summed E-state index contributed by atoms with van der Waals surface area (Å²) in [6, 6.07) is 174. The fraction of sp³-hybridized carbons (Fsp3) is 0.0270. The molecule has 0 aliphatic carbocycles. The Labute approximate surface area is 700 Å². The number of aryl methyl sites for hydroxylation is 3. The van der Waals surface area contributed by atoms with Gasteiger partial charge in [-0.2, -0.15) is 0 Å². The molecule has 18 aromatic carbocycles. The molecule has 0 spiro atoms. The van der Waals surface area contributed by atoms with Crippen molar-refractivity contribution in [1.82, 2.24) is 0 Å². The van der Waals surface area contributed by atoms with Gasteiger partial charge >= 0.3 is 0 Å². The van der Waals surface area contributed by atoms with Crippen LogP contribution in [0, 0.1) is 20.8 Å². The lowest BCUT2D eigenvalue weighted by Gasteiger charge is -2.30. The summed E-state index contributed by atoms with van der Waals surface area (Å²) in [6.07, 6.45) is 0. The molecule has 8 nitrogen and oxygen atoms in total. The van der Waals surface area contributed by atoms with Crippen molar-refractivity contribution in [3.05, 3.63) is 508 Å². The predicted octanol–water partition coefficient (Wildman–Crippen LogP) is 32.1. The van der Waals surface area contributed by atoms with E-state index in [1.807, 2.05) is 0 Å². The number of rotatable bonds is 24. The van der Waals surface area contributed by atoms with Crippen LogP contribution in [-0.4, -0.2) is 0 Å². The third-order valence-electron chi connectivity index (χ3n) is 21.1. The van der Waals surface area contributed by atoms with Crippen LogP contribution in [0.25, 0.3) is 0 Å². The number of hydrogen-bond acceptors (Lipinski definition) is 8. The lowest BCUT2D eigenvalue weighted by atomic mass is 10.1. The molecule has 0 radical (unpaired) electrons. The van der Waals surface area contributed by atoms with Crippen LogP contribution in [0.2, 0.25) is 0 Å². The molecule has 0 aliphatic heterocycles. The molecule has 574 valence electrons. The van der Waals surface area contributed by atoms with Crippen LogP contribution in [0.15, 0.2) is 491 Å². The van der Waals surface area contributed by atoms with Gasteiger partial charge in [0.25, 0.3) is 0 Å². The first-order valence-electron chi connectivity index (χ1n) is 40.5. The molecule has 119 heavy (non-hydrogen) atoms. The lowest BCUT2D eigenvalue weighted by molar-refractivity contribution is 1.23. The maximum Gasteiger partial charge on any atom is 0.0464 e. The summed E-state index contributed by atoms with van der Waals surface area (Å²) in [7, 11) is 0. The van der Waals surface area contributed by atoms with E-state index in [1.165, 1.54) is 16.7 Å². The molecule has 18 rings (SSSR count). The molecule has 0 unspecified atom stereocenters. The molecule has 0 saturated carbocycles. The van der Waals surface area contributed by atoms with Gasteiger partial charge in [0, 0.05) is 136 Å². The number of nitrogens with zero attached hydrogens (tertiary/aromatic N) is 8. The van der Waals surface area contributed by atoms with Gasteiger partial charge in [0.1, 0.15) is 0 Å². The summed E-state index contributed by atoms with van der Waals surface area (Å²) in [5, 5.41) is 0. The number of anilines is 24. The molecule has 0 bridgehead atoms. The summed E-state index contributed by atoms with van der Waals surface area (Å²) in [5.41, 5.74) is 29.8. The second-order valence-electron chi connectivity index (χ2n) is 29.3. The van der Waals surface area contributed by atoms with Gasteiger partial charge in [-0.15, -0.1) is 0 Å². The van der Waals surface area contributed by atoms with Gasteiger partial charge in [-0.1, -0.05) is 200 Å². The van der Waals surface area contributed by atoms with Gasteiger partial charge in [-0.05, 0) is 329 Å². The van der Waals surface area contributed by atoms with E-state index in [2.05, 4.69) is 551 Å². The minimum atomic E-state index is 1.05. The average Bonchev–Trinajstić information content (AvgIpc) is 0.783. The van der Waals surface area contributed by atoms with Crippen molar-refractivity contribution in [2.45, 2.75) is 20.8 Å². The highest BCUT2D eigenvalue weighted by Gasteiger charge is 2.24. The molecule has 0 fully saturated rings. The lowest BCUT2D eigenvalue weighted by Crippen LogP contribution is -2.14. The Morgan fingerprint density at radius 2 is 0.185 bits per heavy atom. The molecule has 8 heteroatoms. The molecule has 0 aromatic heterocycles. The summed E-state index contributed by atoms with van der Waals surface area (Å²) < 4.78 is 0. The van der Waals surface area contributed by atoms with Crippen LogP contribution >= 0.6 is 0 Å². The van der Waals surface area contributed by atoms with Gasteiger partial charge < -0.3 is 39.2 Å². The van der Waals surface area contributed by atoms with E-state index in [1.54, 1.807) is 0 Å². The molecule has 0 amide bonds. The summed E-state index contributed by atoms with van der Waals surface area (Å²) in [4.78, 5) is 18.5. The normalized spacial score (nSPS) is 10.8. The van der Waals surface area contributed by atoms with Crippen molar-refractivity contribution in [2.75, 3.05) is 39.2 Å². The molecular formula is C111H90N8. The number of para-hydroxylation sites is 9. The number of benzene rings is 18. The van der Waals surface area contributed by atoms with E-state index in [0.717, 1.165) is 136 Å². The second kappa shape index (κ2) is 36.2. The molecular weight excluding hydrogens is 1450 g/mol. The van der Waals surface area contributed by atoms with E-state index < -0.39 is 0 Å². The van der Waals surface area contributed by atoms with E-state index in [9.17, 15) is 0 Å². The SMILES string of the molecule is Cc1cccc(N(c2ccccc2)c2ccc(N(c3ccc(N(c4ccccc4)c4cccc(C)c4)cc3)c3ccc(N(c4ccccc4)c4cccc(C)c4)cc3)cc2)c1.c1ccc(N(c2ccccc2)c2ccc(N(c3ccc(N(c4ccccc4)c4ccccc4)cc3)c3ccc(N(c4ccccc4)c4ccccc4)cc3)cc2)cc1. The second-order valence-corrected chi connectivity index (χ2v) is 29.3. The zero-order valence-electron chi connectivity index (χ0n) is 66.8. The molecule has 0 atom stereocenters. The summed E-state index contributed by atoms with van der Waals surface area (Å²) in [6.45, 7) is 6.43. The monoisotopic (exact) mass is 1530 g/mol. The Morgan fingerprint density at radius 3 is 0.294 bits per heavy atom. The Hall–Kier alpha value is -15.6. The smallest absolute Gasteiger partial charge is 0.0464 e. The summed E-state index contributed by atoms with van der Waals surface area (Å²) >= 11 is 0. The van der Waals surface area contributed by atoms with E-state index >= 15 is 0 Å². The fourth-order valence-electron chi connectivity index (χ4n) is 15.6. The third kappa shape index (κ3) is 17.6. The van der Waals surface area contributed by atoms with Crippen molar-refractivity contribution in [3.63, 3.8) is 0 Å². The maximum atomic E-state index is 2.34. The highest BCUT2D eigenvalue weighted by Crippen LogP contribution is 2.47. The van der Waals surface area contributed by atoms with E-state index in [0.29, 0.717) is 0 Å². The zero-order valence-corrected chi connectivity index (χ0v) is 66.8. The largest absolute Gasteiger partial charge is 0.311 e. The van der Waals surface area contributed by atoms with Gasteiger partial charge in [-0.25, -0.2) is 0 Å². The topological polar surface area (TPSA) is 25.9 Å². The first-order valence-corrected chi connectivity index (χ1v) is 40.5. The first kappa shape index (κ1) is 76.0. The first-order chi connectivity index (χ1) is 58.8. The Balaban J connectivity index is 0.000000170. The minimum absolute atomic E-state index is 1.05. The number of hydrogen-bond donors (Lipinski definition) is 0. The zero-order chi connectivity index (χ0) is 80.5. The van der Waals surface area contributed by atoms with Crippen LogP contribution in [-0.2, 0) is 0 Å². The predicted molar refractivity (Wildman–Crippen MR) is 505 cm³/mol. The van der Waals surface area contributed by atoms with Crippen molar-refractivity contribution < 1.29 is 0 Å². The Morgan fingerprint density at radius 1 is 0.0924 bits per heavy atom. The average molecular weight is 1540 g/mol. The van der Waals surface area contributed by atoms with E-state index in [-0.39, 0.29) is 0 Å². The third-order valence-corrected chi connectivity index (χ3v) is 21.1. The van der Waals surface area contributed by atoms with Gasteiger partial charge in [-0.3, -0.25) is 0 Å².